The van der Waals surface area contributed by atoms with E-state index in [0.29, 0.717) is 33.7 Å². The zero-order valence-electron chi connectivity index (χ0n) is 20.5. The fraction of sp³-hybridized carbons (Fsp3) is 0.143. The van der Waals surface area contributed by atoms with Crippen LogP contribution in [0.3, 0.4) is 0 Å². The van der Waals surface area contributed by atoms with Crippen molar-refractivity contribution in [2.24, 2.45) is 10.9 Å². The second-order valence-corrected chi connectivity index (χ2v) is 9.14. The van der Waals surface area contributed by atoms with E-state index in [2.05, 4.69) is 20.7 Å². The highest BCUT2D eigenvalue weighted by atomic mass is 35.5. The summed E-state index contributed by atoms with van der Waals surface area (Å²) in [6, 6.07) is 19.1. The molecule has 8 nitrogen and oxygen atoms in total. The Bertz CT molecular complexity index is 1530. The first-order chi connectivity index (χ1) is 18.4. The fourth-order valence-electron chi connectivity index (χ4n) is 4.45. The molecule has 4 aromatic rings. The van der Waals surface area contributed by atoms with Crippen LogP contribution in [0, 0.1) is 11.7 Å². The third kappa shape index (κ3) is 4.88. The van der Waals surface area contributed by atoms with Crippen molar-refractivity contribution in [1.82, 2.24) is 9.78 Å². The lowest BCUT2D eigenvalue weighted by molar-refractivity contribution is -0.118. The summed E-state index contributed by atoms with van der Waals surface area (Å²) < 4.78 is 20.2. The number of benzene rings is 3. The van der Waals surface area contributed by atoms with Gasteiger partial charge in [0.25, 0.3) is 5.91 Å². The first kappa shape index (κ1) is 25.2. The molecule has 5 rings (SSSR count). The van der Waals surface area contributed by atoms with E-state index in [4.69, 9.17) is 16.3 Å². The maximum atomic E-state index is 13.7. The lowest BCUT2D eigenvalue weighted by Crippen LogP contribution is -2.39. The summed E-state index contributed by atoms with van der Waals surface area (Å²) >= 11 is 6.14. The number of amides is 2. The van der Waals surface area contributed by atoms with Crippen LogP contribution in [0.25, 0.3) is 0 Å². The van der Waals surface area contributed by atoms with Gasteiger partial charge in [-0.05, 0) is 61.0 Å². The van der Waals surface area contributed by atoms with Gasteiger partial charge in [-0.2, -0.15) is 5.10 Å². The topological polar surface area (TPSA) is 97.6 Å². The number of hydrogen-bond acceptors (Lipinski definition) is 5. The van der Waals surface area contributed by atoms with Gasteiger partial charge in [0.05, 0.1) is 25.0 Å². The summed E-state index contributed by atoms with van der Waals surface area (Å²) in [6.45, 7) is 1.74. The van der Waals surface area contributed by atoms with Crippen molar-refractivity contribution >= 4 is 46.3 Å². The molecule has 0 spiro atoms. The molecule has 0 bridgehead atoms. The van der Waals surface area contributed by atoms with E-state index in [-0.39, 0.29) is 11.5 Å². The minimum Gasteiger partial charge on any atom is -0.495 e. The molecule has 1 aliphatic rings. The highest BCUT2D eigenvalue weighted by Gasteiger charge is 2.40. The Morgan fingerprint density at radius 2 is 1.71 bits per heavy atom. The van der Waals surface area contributed by atoms with Gasteiger partial charge in [-0.25, -0.2) is 14.1 Å². The highest BCUT2D eigenvalue weighted by molar-refractivity contribution is 6.30. The van der Waals surface area contributed by atoms with Gasteiger partial charge in [0, 0.05) is 16.4 Å². The molecule has 0 aliphatic carbocycles. The van der Waals surface area contributed by atoms with Gasteiger partial charge in [-0.1, -0.05) is 35.9 Å². The zero-order valence-corrected chi connectivity index (χ0v) is 21.2. The maximum absolute atomic E-state index is 13.7. The number of rotatable bonds is 6. The number of aromatic nitrogens is 2. The molecule has 0 fully saturated rings. The maximum Gasteiger partial charge on any atom is 0.261 e. The van der Waals surface area contributed by atoms with E-state index < -0.39 is 23.7 Å². The van der Waals surface area contributed by atoms with Crippen molar-refractivity contribution in [2.45, 2.75) is 13.0 Å². The number of carbonyl (C=O) groups excluding carboxylic acids is 2. The quantitative estimate of drug-likeness (QED) is 0.324. The minimum atomic E-state index is -0.749. The molecule has 2 heterocycles. The van der Waals surface area contributed by atoms with Crippen LogP contribution in [0.1, 0.15) is 28.9 Å². The van der Waals surface area contributed by atoms with Crippen molar-refractivity contribution in [2.75, 3.05) is 17.7 Å². The van der Waals surface area contributed by atoms with Crippen molar-refractivity contribution in [3.63, 3.8) is 0 Å². The third-order valence-electron chi connectivity index (χ3n) is 6.29. The molecule has 3 aromatic carbocycles. The predicted octanol–water partition coefficient (Wildman–Crippen LogP) is 5.89. The largest absolute Gasteiger partial charge is 0.495 e. The highest BCUT2D eigenvalue weighted by Crippen LogP contribution is 2.39. The monoisotopic (exact) mass is 531 g/mol. The SMILES string of the molecule is COc1ccccc1NC(=O)C1C(C)=Nc2c(C(=O)Nc3ccc(F)cc3)cnn2C1c1ccc(Cl)cc1. The van der Waals surface area contributed by atoms with E-state index in [1.165, 1.54) is 37.6 Å². The van der Waals surface area contributed by atoms with Gasteiger partial charge in [-0.15, -0.1) is 0 Å². The second kappa shape index (κ2) is 10.5. The number of methoxy groups -OCH3 is 1. The number of halogens is 2. The van der Waals surface area contributed by atoms with Gasteiger partial charge in [0.15, 0.2) is 5.82 Å². The fourth-order valence-corrected chi connectivity index (χ4v) is 4.58. The summed E-state index contributed by atoms with van der Waals surface area (Å²) in [5.74, 6) is -1.09. The number of para-hydroxylation sites is 2. The molecule has 38 heavy (non-hydrogen) atoms. The number of anilines is 2. The summed E-state index contributed by atoms with van der Waals surface area (Å²) in [4.78, 5) is 31.4. The van der Waals surface area contributed by atoms with Gasteiger partial charge >= 0.3 is 0 Å². The second-order valence-electron chi connectivity index (χ2n) is 8.70. The van der Waals surface area contributed by atoms with E-state index in [0.717, 1.165) is 5.56 Å². The zero-order chi connectivity index (χ0) is 26.8. The molecule has 0 saturated heterocycles. The Hall–Kier alpha value is -4.50. The Morgan fingerprint density at radius 3 is 2.42 bits per heavy atom. The molecule has 2 atom stereocenters. The molecule has 192 valence electrons. The van der Waals surface area contributed by atoms with E-state index in [1.807, 2.05) is 18.2 Å². The van der Waals surface area contributed by atoms with Crippen molar-refractivity contribution in [1.29, 1.82) is 0 Å². The van der Waals surface area contributed by atoms with Crippen LogP contribution in [-0.4, -0.2) is 34.4 Å². The van der Waals surface area contributed by atoms with Gasteiger partial charge in [-0.3, -0.25) is 9.59 Å². The van der Waals surface area contributed by atoms with Crippen LogP contribution in [0.2, 0.25) is 5.02 Å². The van der Waals surface area contributed by atoms with Crippen LogP contribution in [-0.2, 0) is 4.79 Å². The number of hydrogen-bond donors (Lipinski definition) is 2. The minimum absolute atomic E-state index is 0.219. The number of aliphatic imine (C=N–C) groups is 1. The molecular weight excluding hydrogens is 509 g/mol. The Morgan fingerprint density at radius 1 is 1.00 bits per heavy atom. The van der Waals surface area contributed by atoms with E-state index in [9.17, 15) is 14.0 Å². The molecule has 0 radical (unpaired) electrons. The van der Waals surface area contributed by atoms with Crippen molar-refractivity contribution in [3.8, 4) is 5.75 Å². The number of carbonyl (C=O) groups is 2. The predicted molar refractivity (Wildman–Crippen MR) is 144 cm³/mol. The number of fused-ring (bicyclic) bond motifs is 1. The first-order valence-electron chi connectivity index (χ1n) is 11.7. The van der Waals surface area contributed by atoms with Crippen LogP contribution in [0.4, 0.5) is 21.6 Å². The number of nitrogens with zero attached hydrogens (tertiary/aromatic N) is 3. The summed E-state index contributed by atoms with van der Waals surface area (Å²) in [5, 5.41) is 10.7. The molecule has 0 saturated carbocycles. The van der Waals surface area contributed by atoms with Crippen molar-refractivity contribution < 1.29 is 18.7 Å². The lowest BCUT2D eigenvalue weighted by Gasteiger charge is -2.31. The Labute approximate surface area is 223 Å². The van der Waals surface area contributed by atoms with E-state index >= 15 is 0 Å². The number of ether oxygens (including phenoxy) is 1. The molecular formula is C28H23ClFN5O3. The van der Waals surface area contributed by atoms with Crippen LogP contribution in [0.5, 0.6) is 5.75 Å². The molecule has 1 aliphatic heterocycles. The Balaban J connectivity index is 1.53. The Kier molecular flexibility index (Phi) is 6.93. The molecule has 2 N–H and O–H groups in total. The molecule has 2 unspecified atom stereocenters. The summed E-state index contributed by atoms with van der Waals surface area (Å²) in [5.41, 5.74) is 2.43. The summed E-state index contributed by atoms with van der Waals surface area (Å²) in [6.07, 6.45) is 1.41. The average Bonchev–Trinajstić information content (AvgIpc) is 3.33. The van der Waals surface area contributed by atoms with Gasteiger partial charge < -0.3 is 15.4 Å². The van der Waals surface area contributed by atoms with Gasteiger partial charge in [0.1, 0.15) is 23.0 Å². The standard InChI is InChI=1S/C28H23ClFN5O3/c1-16-24(28(37)34-22-5-3-4-6-23(22)38-2)25(17-7-9-18(29)10-8-17)35-26(32-16)21(15-31-35)27(36)33-20-13-11-19(30)12-14-20/h3-15,24-25H,1-2H3,(H,33,36)(H,34,37). The summed E-state index contributed by atoms with van der Waals surface area (Å²) in [7, 11) is 1.53. The van der Waals surface area contributed by atoms with Gasteiger partial charge in [0.2, 0.25) is 5.91 Å². The van der Waals surface area contributed by atoms with Crippen LogP contribution < -0.4 is 15.4 Å². The van der Waals surface area contributed by atoms with Crippen LogP contribution in [0.15, 0.2) is 84.0 Å². The smallest absolute Gasteiger partial charge is 0.261 e. The molecule has 1 aromatic heterocycles. The van der Waals surface area contributed by atoms with E-state index in [1.54, 1.807) is 41.9 Å². The normalized spacial score (nSPS) is 16.3. The molecule has 2 amide bonds. The average molecular weight is 532 g/mol. The number of nitrogens with one attached hydrogen (secondary N) is 2. The van der Waals surface area contributed by atoms with Crippen LogP contribution >= 0.6 is 11.6 Å². The lowest BCUT2D eigenvalue weighted by atomic mass is 9.87. The van der Waals surface area contributed by atoms with Crippen molar-refractivity contribution in [3.05, 3.63) is 101 Å². The first-order valence-corrected chi connectivity index (χ1v) is 12.1. The third-order valence-corrected chi connectivity index (χ3v) is 6.54. The molecule has 10 heteroatoms.